The Labute approximate surface area is 120 Å². The number of carbonyl (C=O) groups excluding carboxylic acids is 1. The summed E-state index contributed by atoms with van der Waals surface area (Å²) in [6, 6.07) is 4.86. The van der Waals surface area contributed by atoms with Crippen LogP contribution in [-0.2, 0) is 11.2 Å². The third kappa shape index (κ3) is 3.26. The van der Waals surface area contributed by atoms with Gasteiger partial charge in [0, 0.05) is 12.2 Å². The Morgan fingerprint density at radius 2 is 2.25 bits per heavy atom. The number of carboxylic acid groups (broad SMARTS) is 1. The van der Waals surface area contributed by atoms with Gasteiger partial charge in [0.1, 0.15) is 5.75 Å². The van der Waals surface area contributed by atoms with Gasteiger partial charge >= 0.3 is 13.1 Å². The minimum atomic E-state index is -1.10. The number of aromatic carboxylic acids is 1. The van der Waals surface area contributed by atoms with Crippen LogP contribution in [0.25, 0.3) is 0 Å². The lowest BCUT2D eigenvalue weighted by atomic mass is 9.77. The largest absolute Gasteiger partial charge is 0.536 e. The lowest BCUT2D eigenvalue weighted by molar-refractivity contribution is -0.117. The molecule has 0 aromatic heterocycles. The van der Waals surface area contributed by atoms with Gasteiger partial charge in [0.25, 0.3) is 0 Å². The second-order valence-electron chi connectivity index (χ2n) is 4.44. The second-order valence-corrected chi connectivity index (χ2v) is 5.78. The first kappa shape index (κ1) is 14.7. The van der Waals surface area contributed by atoms with Crippen molar-refractivity contribution in [1.29, 1.82) is 0 Å². The predicted molar refractivity (Wildman–Crippen MR) is 75.8 cm³/mol. The van der Waals surface area contributed by atoms with Crippen molar-refractivity contribution in [2.75, 3.05) is 5.75 Å². The van der Waals surface area contributed by atoms with Crippen LogP contribution in [0.2, 0.25) is 0 Å². The van der Waals surface area contributed by atoms with Crippen LogP contribution in [0.4, 0.5) is 0 Å². The van der Waals surface area contributed by atoms with Gasteiger partial charge in [0.15, 0.2) is 0 Å². The molecule has 1 unspecified atom stereocenters. The Balaban J connectivity index is 2.11. The summed E-state index contributed by atoms with van der Waals surface area (Å²) in [5.74, 6) is -0.764. The monoisotopic (exact) mass is 295 g/mol. The SMILES string of the molecule is NC(=O)CCSC1Cc2cccc(C(=O)O)c2OB1O. The highest BCUT2D eigenvalue weighted by molar-refractivity contribution is 8.01. The number of fused-ring (bicyclic) bond motifs is 1. The molecule has 1 aromatic rings. The fraction of sp³-hybridized carbons (Fsp3) is 0.333. The molecule has 0 radical (unpaired) electrons. The third-order valence-electron chi connectivity index (χ3n) is 2.99. The van der Waals surface area contributed by atoms with Crippen LogP contribution in [0.15, 0.2) is 18.2 Å². The number of para-hydroxylation sites is 1. The van der Waals surface area contributed by atoms with E-state index >= 15 is 0 Å². The first-order valence-corrected chi connectivity index (χ1v) is 7.13. The van der Waals surface area contributed by atoms with Gasteiger partial charge in [-0.05, 0) is 18.1 Å². The average molecular weight is 295 g/mol. The van der Waals surface area contributed by atoms with Gasteiger partial charge in [-0.15, -0.1) is 0 Å². The van der Waals surface area contributed by atoms with Crippen molar-refractivity contribution in [3.8, 4) is 5.75 Å². The summed E-state index contributed by atoms with van der Waals surface area (Å²) in [5.41, 5.74) is 5.85. The molecule has 1 aromatic carbocycles. The molecule has 2 rings (SSSR count). The molecular weight excluding hydrogens is 281 g/mol. The minimum absolute atomic E-state index is 0.0436. The Bertz CT molecular complexity index is 539. The number of carboxylic acids is 1. The van der Waals surface area contributed by atoms with Crippen molar-refractivity contribution in [2.45, 2.75) is 18.0 Å². The van der Waals surface area contributed by atoms with Crippen molar-refractivity contribution in [1.82, 2.24) is 0 Å². The smallest absolute Gasteiger partial charge is 0.535 e. The van der Waals surface area contributed by atoms with Gasteiger partial charge in [0.2, 0.25) is 5.91 Å². The lowest BCUT2D eigenvalue weighted by Gasteiger charge is -2.27. The fourth-order valence-electron chi connectivity index (χ4n) is 2.02. The number of amides is 1. The molecule has 0 fully saturated rings. The maximum atomic E-state index is 11.1. The molecule has 1 atom stereocenters. The van der Waals surface area contributed by atoms with Crippen molar-refractivity contribution >= 4 is 30.8 Å². The molecule has 1 aliphatic heterocycles. The van der Waals surface area contributed by atoms with Crippen molar-refractivity contribution in [2.24, 2.45) is 5.73 Å². The van der Waals surface area contributed by atoms with Gasteiger partial charge in [-0.1, -0.05) is 12.1 Å². The molecule has 4 N–H and O–H groups in total. The van der Waals surface area contributed by atoms with Gasteiger partial charge in [0.05, 0.1) is 10.7 Å². The van der Waals surface area contributed by atoms with E-state index in [0.717, 1.165) is 5.56 Å². The Morgan fingerprint density at radius 1 is 1.50 bits per heavy atom. The first-order chi connectivity index (χ1) is 9.49. The van der Waals surface area contributed by atoms with E-state index in [2.05, 4.69) is 0 Å². The molecule has 0 spiro atoms. The van der Waals surface area contributed by atoms with Gasteiger partial charge in [-0.2, -0.15) is 11.8 Å². The van der Waals surface area contributed by atoms with Crippen LogP contribution in [0, 0.1) is 0 Å². The maximum Gasteiger partial charge on any atom is 0.536 e. The number of nitrogens with two attached hydrogens (primary N) is 1. The Kier molecular flexibility index (Phi) is 4.56. The van der Waals surface area contributed by atoms with Crippen LogP contribution in [-0.4, -0.2) is 40.0 Å². The highest BCUT2D eigenvalue weighted by Crippen LogP contribution is 2.34. The van der Waals surface area contributed by atoms with Gasteiger partial charge in [-0.3, -0.25) is 4.79 Å². The first-order valence-electron chi connectivity index (χ1n) is 6.09. The van der Waals surface area contributed by atoms with E-state index in [1.807, 2.05) is 0 Å². The molecule has 1 heterocycles. The number of carbonyl (C=O) groups is 2. The zero-order valence-electron chi connectivity index (χ0n) is 10.6. The summed E-state index contributed by atoms with van der Waals surface area (Å²) in [4.78, 5) is 21.8. The van der Waals surface area contributed by atoms with E-state index in [1.54, 1.807) is 12.1 Å². The van der Waals surface area contributed by atoms with Gasteiger partial charge in [-0.25, -0.2) is 4.79 Å². The quantitative estimate of drug-likeness (QED) is 0.675. The molecule has 6 nitrogen and oxygen atoms in total. The van der Waals surface area contributed by atoms with E-state index in [-0.39, 0.29) is 22.9 Å². The van der Waals surface area contributed by atoms with Crippen LogP contribution in [0.1, 0.15) is 22.3 Å². The topological polar surface area (TPSA) is 110 Å². The number of thioether (sulfide) groups is 1. The van der Waals surface area contributed by atoms with Crippen molar-refractivity contribution in [3.63, 3.8) is 0 Å². The van der Waals surface area contributed by atoms with Crippen LogP contribution in [0.5, 0.6) is 5.75 Å². The molecule has 0 saturated heterocycles. The summed E-state index contributed by atoms with van der Waals surface area (Å²) in [7, 11) is -1.10. The molecule has 106 valence electrons. The average Bonchev–Trinajstić information content (AvgIpc) is 2.38. The number of hydrogen-bond donors (Lipinski definition) is 3. The van der Waals surface area contributed by atoms with Crippen molar-refractivity contribution < 1.29 is 24.4 Å². The van der Waals surface area contributed by atoms with E-state index in [4.69, 9.17) is 15.5 Å². The molecule has 0 saturated carbocycles. The molecule has 0 bridgehead atoms. The molecule has 0 aliphatic carbocycles. The second kappa shape index (κ2) is 6.19. The normalized spacial score (nSPS) is 17.2. The number of primary amides is 1. The van der Waals surface area contributed by atoms with E-state index in [9.17, 15) is 14.6 Å². The molecule has 1 aliphatic rings. The minimum Gasteiger partial charge on any atom is -0.535 e. The van der Waals surface area contributed by atoms with Crippen LogP contribution < -0.4 is 10.4 Å². The predicted octanol–water partition coefficient (Wildman–Crippen LogP) is 0.317. The molecule has 1 amide bonds. The highest BCUT2D eigenvalue weighted by atomic mass is 32.2. The van der Waals surface area contributed by atoms with Gasteiger partial charge < -0.3 is 20.5 Å². The Hall–Kier alpha value is -1.67. The summed E-state index contributed by atoms with van der Waals surface area (Å²) in [5, 5.41) is 18.8. The lowest BCUT2D eigenvalue weighted by Crippen LogP contribution is -2.41. The molecule has 8 heteroatoms. The Morgan fingerprint density at radius 3 is 2.90 bits per heavy atom. The van der Waals surface area contributed by atoms with E-state index in [0.29, 0.717) is 12.2 Å². The summed E-state index contributed by atoms with van der Waals surface area (Å²) in [6.07, 6.45) is 0.719. The summed E-state index contributed by atoms with van der Waals surface area (Å²) >= 11 is 1.39. The standard InChI is InChI=1S/C12H14BNO5S/c14-10(15)4-5-20-9-6-7-2-1-3-8(12(16)17)11(7)19-13(9)18/h1-3,9,18H,4-6H2,(H2,14,15)(H,16,17). The number of rotatable bonds is 5. The summed E-state index contributed by atoms with van der Waals surface area (Å²) in [6.45, 7) is 0. The molecule has 20 heavy (non-hydrogen) atoms. The third-order valence-corrected chi connectivity index (χ3v) is 4.25. The highest BCUT2D eigenvalue weighted by Gasteiger charge is 2.36. The number of benzene rings is 1. The maximum absolute atomic E-state index is 11.1. The molecular formula is C12H14BNO5S. The van der Waals surface area contributed by atoms with E-state index < -0.39 is 19.0 Å². The zero-order chi connectivity index (χ0) is 14.7. The summed E-state index contributed by atoms with van der Waals surface area (Å²) < 4.78 is 5.33. The van der Waals surface area contributed by atoms with Crippen molar-refractivity contribution in [3.05, 3.63) is 29.3 Å². The number of hydrogen-bond acceptors (Lipinski definition) is 5. The van der Waals surface area contributed by atoms with Crippen LogP contribution >= 0.6 is 11.8 Å². The van der Waals surface area contributed by atoms with Crippen LogP contribution in [0.3, 0.4) is 0 Å². The fourth-order valence-corrected chi connectivity index (χ4v) is 3.16. The van der Waals surface area contributed by atoms with E-state index in [1.165, 1.54) is 17.8 Å². The zero-order valence-corrected chi connectivity index (χ0v) is 11.4.